The molecule has 0 aromatic carbocycles. The minimum Gasteiger partial charge on any atom is -0.285 e. The molecule has 0 aromatic rings. The zero-order valence-electron chi connectivity index (χ0n) is 14.8. The summed E-state index contributed by atoms with van der Waals surface area (Å²) in [6.07, 6.45) is 9.37. The number of rotatable bonds is 8. The molecule has 25 heavy (non-hydrogen) atoms. The highest BCUT2D eigenvalue weighted by Crippen LogP contribution is 2.47. The molecular weight excluding hydrogens is 347 g/mol. The summed E-state index contributed by atoms with van der Waals surface area (Å²) >= 11 is 0. The van der Waals surface area contributed by atoms with Gasteiger partial charge in [0.05, 0.1) is 6.61 Å². The van der Waals surface area contributed by atoms with Crippen LogP contribution in [-0.4, -0.2) is 18.4 Å². The number of carbonyl (C=O) groups is 2. The summed E-state index contributed by atoms with van der Waals surface area (Å²) in [7, 11) is -4.09. The summed E-state index contributed by atoms with van der Waals surface area (Å²) in [5.41, 5.74) is 4.36. The molecular formula is C16H29N2O6P. The third-order valence-electron chi connectivity index (χ3n) is 4.76. The van der Waals surface area contributed by atoms with E-state index in [1.54, 1.807) is 6.92 Å². The van der Waals surface area contributed by atoms with Crippen molar-refractivity contribution in [2.75, 3.05) is 6.61 Å². The highest BCUT2D eigenvalue weighted by Gasteiger charge is 2.33. The fourth-order valence-corrected chi connectivity index (χ4v) is 4.19. The number of hydroxylamine groups is 2. The van der Waals surface area contributed by atoms with Crippen LogP contribution in [0.1, 0.15) is 71.1 Å². The fourth-order valence-electron chi connectivity index (χ4n) is 3.33. The van der Waals surface area contributed by atoms with Gasteiger partial charge in [-0.1, -0.05) is 38.5 Å². The molecule has 0 radical (unpaired) electrons. The van der Waals surface area contributed by atoms with E-state index in [9.17, 15) is 14.2 Å². The summed E-state index contributed by atoms with van der Waals surface area (Å²) in [5.74, 6) is -0.968. The molecule has 2 N–H and O–H groups in total. The van der Waals surface area contributed by atoms with Gasteiger partial charge < -0.3 is 0 Å². The van der Waals surface area contributed by atoms with Crippen LogP contribution in [0.3, 0.4) is 0 Å². The summed E-state index contributed by atoms with van der Waals surface area (Å²) < 4.78 is 27.3. The van der Waals surface area contributed by atoms with Crippen molar-refractivity contribution < 1.29 is 27.9 Å². The summed E-state index contributed by atoms with van der Waals surface area (Å²) in [6, 6.07) is 0. The normalized spacial score (nSPS) is 20.2. The third-order valence-corrected chi connectivity index (χ3v) is 5.96. The number of nitrogens with one attached hydrogen (secondary N) is 2. The Morgan fingerprint density at radius 1 is 0.840 bits per heavy atom. The Morgan fingerprint density at radius 3 is 1.60 bits per heavy atom. The molecule has 2 saturated carbocycles. The van der Waals surface area contributed by atoms with E-state index in [1.807, 2.05) is 0 Å². The van der Waals surface area contributed by atoms with Gasteiger partial charge in [-0.25, -0.2) is 15.5 Å². The molecule has 0 unspecified atom stereocenters. The number of hydrogen-bond donors (Lipinski definition) is 2. The molecule has 0 bridgehead atoms. The maximum atomic E-state index is 12.5. The van der Waals surface area contributed by atoms with Gasteiger partial charge in [-0.2, -0.15) is 9.25 Å². The minimum atomic E-state index is -4.09. The van der Waals surface area contributed by atoms with Gasteiger partial charge >= 0.3 is 7.82 Å². The van der Waals surface area contributed by atoms with Gasteiger partial charge in [0.2, 0.25) is 11.8 Å². The second-order valence-corrected chi connectivity index (χ2v) is 8.17. The molecule has 0 aromatic heterocycles. The standard InChI is InChI=1S/C16H29N2O6P/c1-2-22-25(21,23-17-15(19)13-9-5-3-6-10-13)24-18-16(20)14-11-7-4-8-12-14/h13-14H,2-12H2,1H3,(H,17,19)(H,18,20). The van der Waals surface area contributed by atoms with Crippen molar-refractivity contribution in [1.82, 2.24) is 11.0 Å². The zero-order chi connectivity index (χ0) is 18.1. The monoisotopic (exact) mass is 376 g/mol. The van der Waals surface area contributed by atoms with Gasteiger partial charge in [-0.15, -0.1) is 0 Å². The fraction of sp³-hybridized carbons (Fsp3) is 0.875. The molecule has 0 spiro atoms. The first kappa shape index (κ1) is 20.4. The summed E-state index contributed by atoms with van der Waals surface area (Å²) in [6.45, 7) is 1.67. The smallest absolute Gasteiger partial charge is 0.285 e. The maximum absolute atomic E-state index is 12.5. The lowest BCUT2D eigenvalue weighted by Gasteiger charge is -2.23. The van der Waals surface area contributed by atoms with Gasteiger partial charge in [0.1, 0.15) is 0 Å². The average Bonchev–Trinajstić information content (AvgIpc) is 2.66. The van der Waals surface area contributed by atoms with Crippen molar-refractivity contribution in [3.63, 3.8) is 0 Å². The van der Waals surface area contributed by atoms with Crippen LogP contribution in [0.4, 0.5) is 0 Å². The maximum Gasteiger partial charge on any atom is 0.517 e. The predicted octanol–water partition coefficient (Wildman–Crippen LogP) is 3.39. The molecule has 8 nitrogen and oxygen atoms in total. The van der Waals surface area contributed by atoms with E-state index in [-0.39, 0.29) is 30.3 Å². The van der Waals surface area contributed by atoms with E-state index in [1.165, 1.54) is 0 Å². The number of hydrogen-bond acceptors (Lipinski definition) is 6. The van der Waals surface area contributed by atoms with Crippen molar-refractivity contribution in [2.45, 2.75) is 71.1 Å². The number of phosphoric acid groups is 1. The van der Waals surface area contributed by atoms with E-state index in [2.05, 4.69) is 11.0 Å². The highest BCUT2D eigenvalue weighted by molar-refractivity contribution is 7.48. The van der Waals surface area contributed by atoms with Crippen LogP contribution >= 0.6 is 7.82 Å². The Balaban J connectivity index is 1.80. The second-order valence-electron chi connectivity index (χ2n) is 6.65. The first-order valence-electron chi connectivity index (χ1n) is 9.25. The third kappa shape index (κ3) is 6.70. The van der Waals surface area contributed by atoms with Crippen LogP contribution in [0.25, 0.3) is 0 Å². The van der Waals surface area contributed by atoms with Gasteiger partial charge in [0.25, 0.3) is 0 Å². The molecule has 0 atom stereocenters. The summed E-state index contributed by atoms with van der Waals surface area (Å²) in [4.78, 5) is 24.2. The topological polar surface area (TPSA) is 103 Å². The Bertz CT molecular complexity index is 451. The lowest BCUT2D eigenvalue weighted by Crippen LogP contribution is -2.34. The van der Waals surface area contributed by atoms with Crippen molar-refractivity contribution in [2.24, 2.45) is 11.8 Å². The molecule has 2 rings (SSSR count). The Labute approximate surface area is 148 Å². The number of amides is 2. The van der Waals surface area contributed by atoms with Crippen LogP contribution in [0.15, 0.2) is 0 Å². The molecule has 0 heterocycles. The van der Waals surface area contributed by atoms with Crippen LogP contribution in [0, 0.1) is 11.8 Å². The van der Waals surface area contributed by atoms with Gasteiger partial charge in [0.15, 0.2) is 0 Å². The first-order chi connectivity index (χ1) is 12.0. The Kier molecular flexibility index (Phi) is 8.36. The van der Waals surface area contributed by atoms with E-state index < -0.39 is 7.82 Å². The van der Waals surface area contributed by atoms with E-state index in [0.717, 1.165) is 64.2 Å². The lowest BCUT2D eigenvalue weighted by molar-refractivity contribution is -0.137. The van der Waals surface area contributed by atoms with Crippen LogP contribution in [0.5, 0.6) is 0 Å². The Hall–Kier alpha value is -0.950. The molecule has 0 saturated heterocycles. The molecule has 2 amide bonds. The largest absolute Gasteiger partial charge is 0.517 e. The SMILES string of the molecule is CCOP(=O)(ONC(=O)C1CCCCC1)ONC(=O)C1CCCCC1. The van der Waals surface area contributed by atoms with Crippen LogP contribution in [-0.2, 0) is 27.9 Å². The quantitative estimate of drug-likeness (QED) is 0.497. The van der Waals surface area contributed by atoms with Crippen LogP contribution < -0.4 is 11.0 Å². The second kappa shape index (κ2) is 10.3. The molecule has 2 fully saturated rings. The van der Waals surface area contributed by atoms with Crippen molar-refractivity contribution in [1.29, 1.82) is 0 Å². The minimum absolute atomic E-state index is 0.0515. The molecule has 2 aliphatic rings. The van der Waals surface area contributed by atoms with Crippen molar-refractivity contribution in [3.05, 3.63) is 0 Å². The van der Waals surface area contributed by atoms with Crippen LogP contribution in [0.2, 0.25) is 0 Å². The molecule has 144 valence electrons. The van der Waals surface area contributed by atoms with Crippen molar-refractivity contribution >= 4 is 19.6 Å². The number of carbonyl (C=O) groups excluding carboxylic acids is 2. The van der Waals surface area contributed by atoms with Crippen molar-refractivity contribution in [3.8, 4) is 0 Å². The average molecular weight is 376 g/mol. The van der Waals surface area contributed by atoms with Gasteiger partial charge in [0, 0.05) is 11.8 Å². The predicted molar refractivity (Wildman–Crippen MR) is 90.8 cm³/mol. The molecule has 9 heteroatoms. The van der Waals surface area contributed by atoms with E-state index in [0.29, 0.717) is 0 Å². The van der Waals surface area contributed by atoms with Gasteiger partial charge in [-0.3, -0.25) is 14.1 Å². The zero-order valence-corrected chi connectivity index (χ0v) is 15.7. The first-order valence-corrected chi connectivity index (χ1v) is 10.7. The molecule has 0 aliphatic heterocycles. The van der Waals surface area contributed by atoms with E-state index in [4.69, 9.17) is 13.8 Å². The van der Waals surface area contributed by atoms with Gasteiger partial charge in [-0.05, 0) is 32.6 Å². The lowest BCUT2D eigenvalue weighted by atomic mass is 9.89. The van der Waals surface area contributed by atoms with E-state index >= 15 is 0 Å². The molecule has 2 aliphatic carbocycles. The Morgan fingerprint density at radius 2 is 1.24 bits per heavy atom. The summed E-state index contributed by atoms with van der Waals surface area (Å²) in [5, 5.41) is 0. The highest BCUT2D eigenvalue weighted by atomic mass is 31.2.